The predicted molar refractivity (Wildman–Crippen MR) is 120 cm³/mol. The third-order valence-electron chi connectivity index (χ3n) is 5.83. The highest BCUT2D eigenvalue weighted by atomic mass is 16.7. The number of carbonyl (C=O) groups is 1. The minimum Gasteiger partial charge on any atom is -0.454 e. The molecule has 2 aliphatic rings. The first-order valence-electron chi connectivity index (χ1n) is 10.7. The molecule has 1 fully saturated rings. The van der Waals surface area contributed by atoms with Crippen molar-refractivity contribution in [2.24, 2.45) is 5.92 Å². The number of aromatic nitrogens is 2. The van der Waals surface area contributed by atoms with E-state index in [-0.39, 0.29) is 24.2 Å². The van der Waals surface area contributed by atoms with Gasteiger partial charge >= 0.3 is 0 Å². The molecule has 0 bridgehead atoms. The Kier molecular flexibility index (Phi) is 5.49. The number of carbonyl (C=O) groups excluding carboxylic acids is 1. The zero-order valence-electron chi connectivity index (χ0n) is 17.6. The van der Waals surface area contributed by atoms with Crippen LogP contribution in [0.2, 0.25) is 0 Å². The second-order valence-electron chi connectivity index (χ2n) is 8.04. The van der Waals surface area contributed by atoms with Gasteiger partial charge in [-0.15, -0.1) is 0 Å². The molecule has 32 heavy (non-hydrogen) atoms. The van der Waals surface area contributed by atoms with Crippen molar-refractivity contribution in [2.45, 2.75) is 19.4 Å². The number of nitrogens with zero attached hydrogens (tertiary/aromatic N) is 3. The highest BCUT2D eigenvalue weighted by Crippen LogP contribution is 2.34. The molecule has 0 spiro atoms. The van der Waals surface area contributed by atoms with Gasteiger partial charge in [-0.1, -0.05) is 30.3 Å². The van der Waals surface area contributed by atoms with Crippen LogP contribution >= 0.6 is 0 Å². The molecule has 3 heterocycles. The lowest BCUT2D eigenvalue weighted by molar-refractivity contribution is -0.120. The van der Waals surface area contributed by atoms with Crippen LogP contribution in [0.25, 0.3) is 0 Å². The van der Waals surface area contributed by atoms with E-state index in [1.165, 1.54) is 4.68 Å². The fourth-order valence-corrected chi connectivity index (χ4v) is 4.12. The van der Waals surface area contributed by atoms with Gasteiger partial charge in [0.15, 0.2) is 11.5 Å². The summed E-state index contributed by atoms with van der Waals surface area (Å²) in [5, 5.41) is 7.33. The number of nitrogens with one attached hydrogen (secondary N) is 1. The Balaban J connectivity index is 1.25. The van der Waals surface area contributed by atoms with Crippen molar-refractivity contribution in [1.29, 1.82) is 0 Å². The van der Waals surface area contributed by atoms with E-state index in [0.29, 0.717) is 30.3 Å². The largest absolute Gasteiger partial charge is 0.454 e. The second kappa shape index (κ2) is 8.74. The number of hydrogen-bond acceptors (Lipinski definition) is 6. The Hall–Kier alpha value is -3.81. The number of anilines is 2. The molecular formula is C24H24N4O4. The Labute approximate surface area is 185 Å². The van der Waals surface area contributed by atoms with Crippen molar-refractivity contribution < 1.29 is 14.3 Å². The normalized spacial score (nSPS) is 17.2. The molecule has 1 aromatic heterocycles. The van der Waals surface area contributed by atoms with Crippen LogP contribution < -0.4 is 25.2 Å². The van der Waals surface area contributed by atoms with Crippen LogP contribution in [0, 0.1) is 5.92 Å². The van der Waals surface area contributed by atoms with E-state index in [1.807, 2.05) is 36.4 Å². The maximum absolute atomic E-state index is 12.9. The summed E-state index contributed by atoms with van der Waals surface area (Å²) >= 11 is 0. The molecule has 0 saturated carbocycles. The molecule has 1 amide bonds. The second-order valence-corrected chi connectivity index (χ2v) is 8.04. The monoisotopic (exact) mass is 432 g/mol. The highest BCUT2D eigenvalue weighted by Gasteiger charge is 2.27. The number of piperidine rings is 1. The van der Waals surface area contributed by atoms with Crippen LogP contribution in [0.4, 0.5) is 11.4 Å². The molecule has 2 aromatic carbocycles. The first-order chi connectivity index (χ1) is 15.7. The Bertz CT molecular complexity index is 1180. The molecule has 164 valence electrons. The van der Waals surface area contributed by atoms with Crippen molar-refractivity contribution in [1.82, 2.24) is 9.78 Å². The number of ether oxygens (including phenoxy) is 2. The van der Waals surface area contributed by atoms with Crippen molar-refractivity contribution >= 4 is 17.3 Å². The van der Waals surface area contributed by atoms with Crippen LogP contribution in [0.5, 0.6) is 11.5 Å². The minimum atomic E-state index is -0.180. The maximum atomic E-state index is 12.9. The van der Waals surface area contributed by atoms with Crippen LogP contribution in [0.3, 0.4) is 0 Å². The summed E-state index contributed by atoms with van der Waals surface area (Å²) in [6.45, 7) is 1.96. The lowest BCUT2D eigenvalue weighted by Crippen LogP contribution is -2.41. The molecule has 8 nitrogen and oxygen atoms in total. The average molecular weight is 432 g/mol. The zero-order chi connectivity index (χ0) is 21.9. The molecule has 1 N–H and O–H groups in total. The van der Waals surface area contributed by atoms with E-state index in [2.05, 4.69) is 15.3 Å². The van der Waals surface area contributed by atoms with Gasteiger partial charge in [0, 0.05) is 30.9 Å². The quantitative estimate of drug-likeness (QED) is 0.667. The Morgan fingerprint density at radius 2 is 1.94 bits per heavy atom. The van der Waals surface area contributed by atoms with Gasteiger partial charge in [0.05, 0.1) is 24.3 Å². The van der Waals surface area contributed by atoms with Gasteiger partial charge in [0.2, 0.25) is 12.7 Å². The summed E-state index contributed by atoms with van der Waals surface area (Å²) < 4.78 is 12.1. The number of fused-ring (bicyclic) bond motifs is 1. The maximum Gasteiger partial charge on any atom is 0.269 e. The minimum absolute atomic E-state index is 0.0426. The summed E-state index contributed by atoms with van der Waals surface area (Å²) in [6, 6.07) is 16.7. The van der Waals surface area contributed by atoms with E-state index in [1.54, 1.807) is 24.4 Å². The molecule has 1 saturated heterocycles. The van der Waals surface area contributed by atoms with Gasteiger partial charge in [-0.3, -0.25) is 9.59 Å². The third kappa shape index (κ3) is 4.30. The van der Waals surface area contributed by atoms with Crippen molar-refractivity contribution in [3.8, 4) is 11.5 Å². The van der Waals surface area contributed by atoms with Gasteiger partial charge < -0.3 is 19.7 Å². The topological polar surface area (TPSA) is 85.7 Å². The predicted octanol–water partition coefficient (Wildman–Crippen LogP) is 2.88. The summed E-state index contributed by atoms with van der Waals surface area (Å²) in [4.78, 5) is 27.6. The summed E-state index contributed by atoms with van der Waals surface area (Å²) in [6.07, 6.45) is 3.38. The number of benzene rings is 2. The van der Waals surface area contributed by atoms with Gasteiger partial charge in [0.1, 0.15) is 0 Å². The van der Waals surface area contributed by atoms with Crippen LogP contribution in [-0.4, -0.2) is 35.6 Å². The highest BCUT2D eigenvalue weighted by molar-refractivity contribution is 5.93. The van der Waals surface area contributed by atoms with E-state index in [4.69, 9.17) is 9.47 Å². The van der Waals surface area contributed by atoms with E-state index in [9.17, 15) is 9.59 Å². The van der Waals surface area contributed by atoms with Crippen molar-refractivity contribution in [2.75, 3.05) is 30.1 Å². The lowest BCUT2D eigenvalue weighted by Gasteiger charge is -2.33. The molecule has 0 aliphatic carbocycles. The first kappa shape index (κ1) is 20.1. The molecule has 3 aromatic rings. The number of rotatable bonds is 5. The Morgan fingerprint density at radius 1 is 1.09 bits per heavy atom. The van der Waals surface area contributed by atoms with Crippen LogP contribution in [0.15, 0.2) is 65.6 Å². The van der Waals surface area contributed by atoms with E-state index < -0.39 is 0 Å². The van der Waals surface area contributed by atoms with Crippen molar-refractivity contribution in [3.05, 3.63) is 76.7 Å². The summed E-state index contributed by atoms with van der Waals surface area (Å²) in [7, 11) is 0. The Morgan fingerprint density at radius 3 is 2.78 bits per heavy atom. The average Bonchev–Trinajstić information content (AvgIpc) is 3.29. The molecule has 5 rings (SSSR count). The van der Waals surface area contributed by atoms with Gasteiger partial charge in [-0.25, -0.2) is 4.68 Å². The molecular weight excluding hydrogens is 408 g/mol. The van der Waals surface area contributed by atoms with Crippen LogP contribution in [-0.2, 0) is 11.3 Å². The molecule has 2 aliphatic heterocycles. The number of amides is 1. The molecule has 1 atom stereocenters. The van der Waals surface area contributed by atoms with Gasteiger partial charge in [-0.2, -0.15) is 5.10 Å². The lowest BCUT2D eigenvalue weighted by atomic mass is 9.96. The van der Waals surface area contributed by atoms with Gasteiger partial charge in [-0.05, 0) is 30.5 Å². The number of hydrogen-bond donors (Lipinski definition) is 1. The SMILES string of the molecule is O=C(Nc1ccc2c(c1)OCO2)[C@@H]1CCCN(c2cnn(Cc3ccccc3)c(=O)c2)C1. The van der Waals surface area contributed by atoms with Crippen LogP contribution in [0.1, 0.15) is 18.4 Å². The first-order valence-corrected chi connectivity index (χ1v) is 10.7. The summed E-state index contributed by atoms with van der Waals surface area (Å²) in [5.74, 6) is 1.09. The molecule has 8 heteroatoms. The standard InChI is InChI=1S/C24H24N4O4/c29-23-12-20(13-25-28(23)14-17-5-2-1-3-6-17)27-10-4-7-18(15-27)24(30)26-19-8-9-21-22(11-19)32-16-31-21/h1-3,5-6,8-9,11-13,18H,4,7,10,14-16H2,(H,26,30)/t18-/m1/s1. The third-order valence-corrected chi connectivity index (χ3v) is 5.83. The molecule has 0 unspecified atom stereocenters. The summed E-state index contributed by atoms with van der Waals surface area (Å²) in [5.41, 5.74) is 2.30. The smallest absolute Gasteiger partial charge is 0.269 e. The van der Waals surface area contributed by atoms with E-state index >= 15 is 0 Å². The van der Waals surface area contributed by atoms with Gasteiger partial charge in [0.25, 0.3) is 5.56 Å². The zero-order valence-corrected chi connectivity index (χ0v) is 17.6. The van der Waals surface area contributed by atoms with Crippen molar-refractivity contribution in [3.63, 3.8) is 0 Å². The molecule has 0 radical (unpaired) electrons. The fourth-order valence-electron chi connectivity index (χ4n) is 4.12. The fraction of sp³-hybridized carbons (Fsp3) is 0.292. The van der Waals surface area contributed by atoms with E-state index in [0.717, 1.165) is 30.6 Å².